The van der Waals surface area contributed by atoms with Crippen molar-refractivity contribution in [1.29, 1.82) is 5.41 Å². The molecule has 17 heavy (non-hydrogen) atoms. The first-order valence-corrected chi connectivity index (χ1v) is 7.00. The highest BCUT2D eigenvalue weighted by Gasteiger charge is 2.30. The highest BCUT2D eigenvalue weighted by molar-refractivity contribution is 7.89. The lowest BCUT2D eigenvalue weighted by molar-refractivity contribution is 0.0368. The van der Waals surface area contributed by atoms with Crippen LogP contribution in [0.3, 0.4) is 0 Å². The van der Waals surface area contributed by atoms with E-state index in [0.29, 0.717) is 19.6 Å². The quantitative estimate of drug-likeness (QED) is 0.363. The van der Waals surface area contributed by atoms with Gasteiger partial charge in [0.05, 0.1) is 12.4 Å². The van der Waals surface area contributed by atoms with Crippen molar-refractivity contribution in [3.63, 3.8) is 0 Å². The van der Waals surface area contributed by atoms with Crippen molar-refractivity contribution in [3.8, 4) is 0 Å². The minimum atomic E-state index is -3.30. The summed E-state index contributed by atoms with van der Waals surface area (Å²) in [6, 6.07) is 0. The van der Waals surface area contributed by atoms with Gasteiger partial charge < -0.3 is 15.2 Å². The van der Waals surface area contributed by atoms with E-state index in [1.165, 1.54) is 11.4 Å². The van der Waals surface area contributed by atoms with Crippen molar-refractivity contribution in [2.24, 2.45) is 5.73 Å². The van der Waals surface area contributed by atoms with Gasteiger partial charge in [-0.3, -0.25) is 5.41 Å². The number of ether oxygens (including phenoxy) is 2. The molecule has 1 unspecified atom stereocenters. The molecule has 3 N–H and O–H groups in total. The fourth-order valence-electron chi connectivity index (χ4n) is 1.58. The van der Waals surface area contributed by atoms with E-state index in [0.717, 1.165) is 0 Å². The number of morpholine rings is 1. The van der Waals surface area contributed by atoms with Gasteiger partial charge in [0.2, 0.25) is 10.0 Å². The zero-order chi connectivity index (χ0) is 12.9. The van der Waals surface area contributed by atoms with Gasteiger partial charge >= 0.3 is 0 Å². The maximum Gasteiger partial charge on any atom is 0.214 e. The Hall–Kier alpha value is -0.700. The molecule has 7 nitrogen and oxygen atoms in total. The van der Waals surface area contributed by atoms with Gasteiger partial charge in [0, 0.05) is 26.8 Å². The largest absolute Gasteiger partial charge is 0.385 e. The van der Waals surface area contributed by atoms with Crippen LogP contribution in [0.1, 0.15) is 6.42 Å². The molecule has 0 radical (unpaired) electrons. The van der Waals surface area contributed by atoms with Crippen molar-refractivity contribution < 1.29 is 17.9 Å². The van der Waals surface area contributed by atoms with Gasteiger partial charge in [0.25, 0.3) is 0 Å². The van der Waals surface area contributed by atoms with Gasteiger partial charge in [-0.15, -0.1) is 0 Å². The third kappa shape index (κ3) is 4.23. The third-order valence-electron chi connectivity index (χ3n) is 2.52. The number of amidine groups is 1. The summed E-state index contributed by atoms with van der Waals surface area (Å²) in [6.07, 6.45) is -0.165. The molecule has 1 saturated heterocycles. The number of hydrogen-bond donors (Lipinski definition) is 2. The Morgan fingerprint density at radius 3 is 2.94 bits per heavy atom. The van der Waals surface area contributed by atoms with Gasteiger partial charge in [0.1, 0.15) is 11.9 Å². The Balaban J connectivity index is 2.55. The smallest absolute Gasteiger partial charge is 0.214 e. The van der Waals surface area contributed by atoms with E-state index >= 15 is 0 Å². The molecule has 1 fully saturated rings. The summed E-state index contributed by atoms with van der Waals surface area (Å²) >= 11 is 0. The number of hydrogen-bond acceptors (Lipinski definition) is 5. The summed E-state index contributed by atoms with van der Waals surface area (Å²) in [4.78, 5) is 0. The van der Waals surface area contributed by atoms with Gasteiger partial charge in [0.15, 0.2) is 0 Å². The Kier molecular flexibility index (Phi) is 5.31. The molecule has 0 aromatic heterocycles. The topological polar surface area (TPSA) is 106 Å². The number of sulfonamides is 1. The molecule has 0 bridgehead atoms. The Bertz CT molecular complexity index is 357. The molecular formula is C9H19N3O4S. The summed E-state index contributed by atoms with van der Waals surface area (Å²) < 4.78 is 35.2. The van der Waals surface area contributed by atoms with Crippen LogP contribution in [0.4, 0.5) is 0 Å². The van der Waals surface area contributed by atoms with E-state index in [1.54, 1.807) is 0 Å². The normalized spacial score (nSPS) is 22.5. The number of nitrogens with zero attached hydrogens (tertiary/aromatic N) is 1. The van der Waals surface area contributed by atoms with Crippen LogP contribution in [0.5, 0.6) is 0 Å². The summed E-state index contributed by atoms with van der Waals surface area (Å²) in [5.41, 5.74) is 5.31. The number of methoxy groups -OCH3 is 1. The lowest BCUT2D eigenvalue weighted by Gasteiger charge is -2.31. The molecule has 0 aliphatic carbocycles. The Morgan fingerprint density at radius 1 is 1.65 bits per heavy atom. The van der Waals surface area contributed by atoms with Gasteiger partial charge in [-0.1, -0.05) is 0 Å². The van der Waals surface area contributed by atoms with Gasteiger partial charge in [-0.05, 0) is 6.42 Å². The minimum Gasteiger partial charge on any atom is -0.385 e. The first kappa shape index (κ1) is 14.4. The van der Waals surface area contributed by atoms with Crippen LogP contribution in [0.15, 0.2) is 0 Å². The molecule has 0 aromatic rings. The number of nitrogens with one attached hydrogen (secondary N) is 1. The SMILES string of the molecule is COCCCS(=O)(=O)N1CCOC(C(=N)N)C1. The summed E-state index contributed by atoms with van der Waals surface area (Å²) in [6.45, 7) is 1.14. The molecule has 1 aliphatic heterocycles. The summed E-state index contributed by atoms with van der Waals surface area (Å²) in [5, 5.41) is 7.26. The average Bonchev–Trinajstić information content (AvgIpc) is 2.29. The highest BCUT2D eigenvalue weighted by atomic mass is 32.2. The second-order valence-corrected chi connectivity index (χ2v) is 5.92. The van der Waals surface area contributed by atoms with E-state index in [-0.39, 0.29) is 24.7 Å². The summed E-state index contributed by atoms with van der Waals surface area (Å²) in [5.74, 6) is -0.0901. The van der Waals surface area contributed by atoms with Crippen LogP contribution in [0, 0.1) is 5.41 Å². The molecule has 0 saturated carbocycles. The van der Waals surface area contributed by atoms with E-state index < -0.39 is 16.1 Å². The molecule has 100 valence electrons. The zero-order valence-corrected chi connectivity index (χ0v) is 10.7. The molecule has 1 heterocycles. The molecule has 0 spiro atoms. The predicted molar refractivity (Wildman–Crippen MR) is 63.5 cm³/mol. The Labute approximate surface area is 101 Å². The molecular weight excluding hydrogens is 246 g/mol. The number of nitrogens with two attached hydrogens (primary N) is 1. The van der Waals surface area contributed by atoms with E-state index in [4.69, 9.17) is 20.6 Å². The lowest BCUT2D eigenvalue weighted by atomic mass is 10.3. The van der Waals surface area contributed by atoms with Crippen molar-refractivity contribution in [2.45, 2.75) is 12.5 Å². The fourth-order valence-corrected chi connectivity index (χ4v) is 3.04. The maximum absolute atomic E-state index is 11.9. The van der Waals surface area contributed by atoms with Crippen LogP contribution in [-0.2, 0) is 19.5 Å². The minimum absolute atomic E-state index is 0.0471. The van der Waals surface area contributed by atoms with Crippen molar-refractivity contribution in [2.75, 3.05) is 39.2 Å². The van der Waals surface area contributed by atoms with Crippen LogP contribution < -0.4 is 5.73 Å². The molecule has 1 atom stereocenters. The zero-order valence-electron chi connectivity index (χ0n) is 9.89. The lowest BCUT2D eigenvalue weighted by Crippen LogP contribution is -2.50. The van der Waals surface area contributed by atoms with Crippen LogP contribution in [0.2, 0.25) is 0 Å². The fraction of sp³-hybridized carbons (Fsp3) is 0.889. The van der Waals surface area contributed by atoms with Gasteiger partial charge in [-0.25, -0.2) is 8.42 Å². The van der Waals surface area contributed by atoms with Crippen LogP contribution in [-0.4, -0.2) is 63.8 Å². The Morgan fingerprint density at radius 2 is 2.35 bits per heavy atom. The molecule has 1 rings (SSSR count). The average molecular weight is 265 g/mol. The van der Waals surface area contributed by atoms with Gasteiger partial charge in [-0.2, -0.15) is 4.31 Å². The first-order valence-electron chi connectivity index (χ1n) is 5.39. The van der Waals surface area contributed by atoms with Crippen molar-refractivity contribution in [3.05, 3.63) is 0 Å². The standard InChI is InChI=1S/C9H19N3O4S/c1-15-4-2-6-17(13,14)12-3-5-16-8(7-12)9(10)11/h8H,2-7H2,1H3,(H3,10,11). The third-order valence-corrected chi connectivity index (χ3v) is 4.44. The highest BCUT2D eigenvalue weighted by Crippen LogP contribution is 2.11. The molecule has 8 heteroatoms. The number of rotatable bonds is 6. The summed E-state index contributed by atoms with van der Waals surface area (Å²) in [7, 11) is -1.77. The second kappa shape index (κ2) is 6.29. The van der Waals surface area contributed by atoms with Crippen molar-refractivity contribution in [1.82, 2.24) is 4.31 Å². The van der Waals surface area contributed by atoms with Crippen molar-refractivity contribution >= 4 is 15.9 Å². The van der Waals surface area contributed by atoms with Crippen LogP contribution in [0.25, 0.3) is 0 Å². The monoisotopic (exact) mass is 265 g/mol. The molecule has 0 amide bonds. The van der Waals surface area contributed by atoms with Crippen LogP contribution >= 0.6 is 0 Å². The molecule has 0 aromatic carbocycles. The van der Waals surface area contributed by atoms with E-state index in [1.807, 2.05) is 0 Å². The first-order chi connectivity index (χ1) is 7.97. The predicted octanol–water partition coefficient (Wildman–Crippen LogP) is -1.01. The van der Waals surface area contributed by atoms with E-state index in [9.17, 15) is 8.42 Å². The second-order valence-electron chi connectivity index (χ2n) is 3.84. The van der Waals surface area contributed by atoms with E-state index in [2.05, 4.69) is 0 Å². The molecule has 1 aliphatic rings. The maximum atomic E-state index is 11.9.